The molecule has 168 valence electrons. The van der Waals surface area contributed by atoms with Crippen LogP contribution in [-0.4, -0.2) is 23.3 Å². The van der Waals surface area contributed by atoms with Crippen molar-refractivity contribution in [2.45, 2.75) is 51.1 Å². The van der Waals surface area contributed by atoms with Gasteiger partial charge in [-0.1, -0.05) is 97.1 Å². The van der Waals surface area contributed by atoms with Crippen molar-refractivity contribution in [3.05, 3.63) is 107 Å². The number of hydrogen-bond donors (Lipinski definition) is 0. The van der Waals surface area contributed by atoms with Crippen molar-refractivity contribution in [3.63, 3.8) is 0 Å². The fourth-order valence-electron chi connectivity index (χ4n) is 5.17. The van der Waals surface area contributed by atoms with E-state index in [9.17, 15) is 4.79 Å². The van der Waals surface area contributed by atoms with E-state index in [1.807, 2.05) is 57.2 Å². The Hall–Kier alpha value is -3.01. The fraction of sp³-hybridized carbons (Fsp3) is 0.300. The van der Waals surface area contributed by atoms with Gasteiger partial charge in [0.1, 0.15) is 5.60 Å². The number of benzene rings is 2. The van der Waals surface area contributed by atoms with Crippen LogP contribution in [0.15, 0.2) is 96.1 Å². The molecular formula is C30H30O3. The molecule has 0 amide bonds. The summed E-state index contributed by atoms with van der Waals surface area (Å²) >= 11 is 0. The zero-order valence-corrected chi connectivity index (χ0v) is 19.5. The summed E-state index contributed by atoms with van der Waals surface area (Å²) in [6.07, 6.45) is 13.6. The summed E-state index contributed by atoms with van der Waals surface area (Å²) in [5.74, 6) is -0.821. The van der Waals surface area contributed by atoms with Gasteiger partial charge < -0.3 is 9.47 Å². The number of hydrogen-bond acceptors (Lipinski definition) is 3. The normalized spacial score (nSPS) is 32.9. The molecule has 5 rings (SSSR count). The van der Waals surface area contributed by atoms with Crippen LogP contribution in [0.3, 0.4) is 0 Å². The van der Waals surface area contributed by atoms with E-state index in [4.69, 9.17) is 9.47 Å². The van der Waals surface area contributed by atoms with Crippen LogP contribution in [0, 0.1) is 5.41 Å². The van der Waals surface area contributed by atoms with Gasteiger partial charge in [0.25, 0.3) is 0 Å². The van der Waals surface area contributed by atoms with E-state index in [0.717, 1.165) is 35.1 Å². The van der Waals surface area contributed by atoms with Crippen molar-refractivity contribution in [3.8, 4) is 0 Å². The average Bonchev–Trinajstić information content (AvgIpc) is 3.38. The number of carbonyl (C=O) groups excluding carboxylic acids is 1. The number of ether oxygens (including phenoxy) is 2. The summed E-state index contributed by atoms with van der Waals surface area (Å²) in [6, 6.07) is 20.4. The number of ketones is 1. The highest BCUT2D eigenvalue weighted by Crippen LogP contribution is 2.62. The average molecular weight is 439 g/mol. The Morgan fingerprint density at radius 1 is 0.788 bits per heavy atom. The molecule has 2 aliphatic heterocycles. The Bertz CT molecular complexity index is 1100. The van der Waals surface area contributed by atoms with Gasteiger partial charge >= 0.3 is 0 Å². The first-order chi connectivity index (χ1) is 15.9. The van der Waals surface area contributed by atoms with Crippen molar-refractivity contribution in [1.82, 2.24) is 0 Å². The molecule has 0 unspecified atom stereocenters. The number of fused-ring (bicyclic) bond motifs is 3. The van der Waals surface area contributed by atoms with E-state index in [1.54, 1.807) is 0 Å². The van der Waals surface area contributed by atoms with Crippen LogP contribution in [0.25, 0.3) is 12.2 Å². The predicted octanol–water partition coefficient (Wildman–Crippen LogP) is 6.54. The highest BCUT2D eigenvalue weighted by atomic mass is 16.8. The smallest absolute Gasteiger partial charge is 0.180 e. The highest BCUT2D eigenvalue weighted by molar-refractivity contribution is 5.95. The molecule has 2 atom stereocenters. The standard InChI is InChI=1S/C30H30O3/c1-28(2)26(31)27-30(33-29(28,3)32-27)24(18-10-16-22-12-6-4-7-13-22)20-21-25(30)19-11-17-23-14-8-5-9-15-23/h4-19,27H,20-21H2,1-3H3/b16-10+,17-11+,24-18+,25-19+/t27-,29-/m0/s1. The van der Waals surface area contributed by atoms with Crippen LogP contribution in [0.2, 0.25) is 0 Å². The Morgan fingerprint density at radius 2 is 1.27 bits per heavy atom. The topological polar surface area (TPSA) is 35.5 Å². The summed E-state index contributed by atoms with van der Waals surface area (Å²) < 4.78 is 13.1. The Kier molecular flexibility index (Phi) is 5.35. The molecule has 2 aromatic carbocycles. The maximum absolute atomic E-state index is 13.4. The molecule has 1 saturated carbocycles. The minimum atomic E-state index is -0.941. The summed E-state index contributed by atoms with van der Waals surface area (Å²) in [5.41, 5.74) is 2.97. The quantitative estimate of drug-likeness (QED) is 0.544. The molecule has 2 heterocycles. The van der Waals surface area contributed by atoms with Gasteiger partial charge in [0.2, 0.25) is 0 Å². The molecule has 1 aliphatic carbocycles. The van der Waals surface area contributed by atoms with Crippen molar-refractivity contribution in [2.24, 2.45) is 5.41 Å². The first kappa shape index (κ1) is 21.8. The largest absolute Gasteiger partial charge is 0.334 e. The second-order valence-corrected chi connectivity index (χ2v) is 9.69. The summed E-state index contributed by atoms with van der Waals surface area (Å²) in [7, 11) is 0. The highest BCUT2D eigenvalue weighted by Gasteiger charge is 2.75. The lowest BCUT2D eigenvalue weighted by atomic mass is 9.72. The van der Waals surface area contributed by atoms with E-state index >= 15 is 0 Å². The molecule has 3 nitrogen and oxygen atoms in total. The maximum atomic E-state index is 13.4. The van der Waals surface area contributed by atoms with Crippen LogP contribution in [0.1, 0.15) is 44.7 Å². The van der Waals surface area contributed by atoms with Crippen LogP contribution >= 0.6 is 0 Å². The third-order valence-corrected chi connectivity index (χ3v) is 7.45. The summed E-state index contributed by atoms with van der Waals surface area (Å²) in [6.45, 7) is 5.76. The second kappa shape index (κ2) is 8.09. The first-order valence-electron chi connectivity index (χ1n) is 11.6. The Morgan fingerprint density at radius 3 is 1.70 bits per heavy atom. The summed E-state index contributed by atoms with van der Waals surface area (Å²) in [5, 5.41) is 0. The molecule has 2 bridgehead atoms. The minimum Gasteiger partial charge on any atom is -0.334 e. The maximum Gasteiger partial charge on any atom is 0.180 e. The first-order valence-corrected chi connectivity index (χ1v) is 11.6. The van der Waals surface area contributed by atoms with Crippen LogP contribution in [0.5, 0.6) is 0 Å². The van der Waals surface area contributed by atoms with Gasteiger partial charge in [0, 0.05) is 0 Å². The SMILES string of the molecule is CC1(C)C(=O)[C@@H]2O[C@@]1(C)OC21/C(=C/C=C/c2ccccc2)CC/C1=C\C=C\c1ccccc1. The van der Waals surface area contributed by atoms with Crippen molar-refractivity contribution in [1.29, 1.82) is 0 Å². The van der Waals surface area contributed by atoms with Gasteiger partial charge in [-0.25, -0.2) is 0 Å². The van der Waals surface area contributed by atoms with E-state index in [-0.39, 0.29) is 5.78 Å². The number of allylic oxidation sites excluding steroid dienone is 4. The number of carbonyl (C=O) groups is 1. The predicted molar refractivity (Wildman–Crippen MR) is 132 cm³/mol. The molecule has 2 saturated heterocycles. The van der Waals surface area contributed by atoms with Gasteiger partial charge in [-0.3, -0.25) is 4.79 Å². The van der Waals surface area contributed by atoms with Crippen molar-refractivity contribution in [2.75, 3.05) is 0 Å². The Balaban J connectivity index is 1.52. The van der Waals surface area contributed by atoms with Crippen molar-refractivity contribution < 1.29 is 14.3 Å². The van der Waals surface area contributed by atoms with Crippen LogP contribution in [-0.2, 0) is 14.3 Å². The third kappa shape index (κ3) is 3.47. The van der Waals surface area contributed by atoms with E-state index in [2.05, 4.69) is 60.7 Å². The van der Waals surface area contributed by atoms with Gasteiger partial charge in [-0.05, 0) is 55.9 Å². The molecule has 0 aromatic heterocycles. The van der Waals surface area contributed by atoms with E-state index in [0.29, 0.717) is 0 Å². The molecular weight excluding hydrogens is 408 g/mol. The number of Topliss-reactive ketones (excluding diaryl/α,β-unsaturated/α-hetero) is 1. The molecule has 3 aliphatic rings. The van der Waals surface area contributed by atoms with Crippen LogP contribution < -0.4 is 0 Å². The van der Waals surface area contributed by atoms with E-state index in [1.165, 1.54) is 0 Å². The molecule has 2 aromatic rings. The summed E-state index contributed by atoms with van der Waals surface area (Å²) in [4.78, 5) is 13.4. The number of rotatable bonds is 4. The monoisotopic (exact) mass is 438 g/mol. The lowest BCUT2D eigenvalue weighted by Gasteiger charge is -2.42. The Labute approximate surface area is 196 Å². The lowest BCUT2D eigenvalue weighted by molar-refractivity contribution is -0.208. The zero-order chi connectivity index (χ0) is 23.1. The minimum absolute atomic E-state index is 0.119. The van der Waals surface area contributed by atoms with E-state index < -0.39 is 22.9 Å². The van der Waals surface area contributed by atoms with Gasteiger partial charge in [-0.2, -0.15) is 0 Å². The molecule has 0 N–H and O–H groups in total. The van der Waals surface area contributed by atoms with Gasteiger partial charge in [0.15, 0.2) is 17.7 Å². The molecule has 0 radical (unpaired) electrons. The third-order valence-electron chi connectivity index (χ3n) is 7.45. The molecule has 3 heteroatoms. The van der Waals surface area contributed by atoms with Crippen molar-refractivity contribution >= 4 is 17.9 Å². The zero-order valence-electron chi connectivity index (χ0n) is 19.5. The fourth-order valence-corrected chi connectivity index (χ4v) is 5.17. The van der Waals surface area contributed by atoms with Crippen LogP contribution in [0.4, 0.5) is 0 Å². The lowest BCUT2D eigenvalue weighted by Crippen LogP contribution is -2.56. The van der Waals surface area contributed by atoms with Gasteiger partial charge in [0.05, 0.1) is 5.41 Å². The molecule has 3 fully saturated rings. The second-order valence-electron chi connectivity index (χ2n) is 9.69. The van der Waals surface area contributed by atoms with Gasteiger partial charge in [-0.15, -0.1) is 0 Å². The molecule has 1 spiro atoms. The molecule has 33 heavy (non-hydrogen) atoms.